The van der Waals surface area contributed by atoms with E-state index in [0.29, 0.717) is 0 Å². The van der Waals surface area contributed by atoms with Crippen LogP contribution in [0.25, 0.3) is 0 Å². The Hall–Kier alpha value is -1.58. The van der Waals surface area contributed by atoms with Crippen molar-refractivity contribution in [3.8, 4) is 0 Å². The minimum atomic E-state index is -0.833. The number of hydrogen-bond donors (Lipinski definition) is 3. The lowest BCUT2D eigenvalue weighted by Gasteiger charge is -2.23. The molecule has 0 bridgehead atoms. The van der Waals surface area contributed by atoms with E-state index < -0.39 is 8.69 Å². The zero-order chi connectivity index (χ0) is 32.5. The molecule has 242 valence electrons. The third-order valence-corrected chi connectivity index (χ3v) is 8.81. The Morgan fingerprint density at radius 1 is 0.738 bits per heavy atom. The summed E-state index contributed by atoms with van der Waals surface area (Å²) in [5, 5.41) is 0. The van der Waals surface area contributed by atoms with Crippen LogP contribution in [0.1, 0.15) is 139 Å². The van der Waals surface area contributed by atoms with Gasteiger partial charge in [0.15, 0.2) is 0 Å². The lowest BCUT2D eigenvalue weighted by Crippen LogP contribution is -2.10. The van der Waals surface area contributed by atoms with Crippen LogP contribution in [0.2, 0.25) is 0 Å². The summed E-state index contributed by atoms with van der Waals surface area (Å²) in [6, 6.07) is 0. The second kappa shape index (κ2) is 27.0. The van der Waals surface area contributed by atoms with Crippen molar-refractivity contribution in [1.29, 1.82) is 0 Å². The van der Waals surface area contributed by atoms with Gasteiger partial charge in [0.2, 0.25) is 0 Å². The Labute approximate surface area is 262 Å². The highest BCUT2D eigenvalue weighted by Gasteiger charge is 2.15. The van der Waals surface area contributed by atoms with E-state index in [4.69, 9.17) is 9.46 Å². The van der Waals surface area contributed by atoms with Gasteiger partial charge in [0.05, 0.1) is 0 Å². The fourth-order valence-electron chi connectivity index (χ4n) is 5.42. The Kier molecular flexibility index (Phi) is 27.4. The molecule has 0 heterocycles. The molecule has 3 atom stereocenters. The van der Waals surface area contributed by atoms with Crippen LogP contribution in [0.5, 0.6) is 0 Å². The van der Waals surface area contributed by atoms with Crippen LogP contribution >= 0.6 is 8.69 Å². The van der Waals surface area contributed by atoms with Gasteiger partial charge in [-0.05, 0) is 149 Å². The molecule has 0 fully saturated rings. The molecule has 0 aromatic carbocycles. The molecule has 4 aliphatic carbocycles. The first-order valence-electron chi connectivity index (χ1n) is 16.1. The smallest absolute Gasteiger partial charge is 0.310 e. The van der Waals surface area contributed by atoms with E-state index in [1.807, 2.05) is 0 Å². The summed E-state index contributed by atoms with van der Waals surface area (Å²) in [4.78, 5) is 6.99. The van der Waals surface area contributed by atoms with E-state index >= 15 is 0 Å². The molecule has 0 aromatic heterocycles. The topological polar surface area (TPSA) is 89.3 Å². The van der Waals surface area contributed by atoms with E-state index in [9.17, 15) is 0 Å². The molecule has 3 unspecified atom stereocenters. The SMILES string of the molecule is C=C(C)C1CC=C(C)CC1.C=C(C)C1CC=C(C)CC1.CC1=CCC(C(C)C)CC1.CC1=CCCCC1.NN.O=PO. The number of hydrazine groups is 1. The van der Waals surface area contributed by atoms with Crippen LogP contribution in [-0.4, -0.2) is 4.89 Å². The monoisotopic (exact) mass is 602 g/mol. The summed E-state index contributed by atoms with van der Waals surface area (Å²) >= 11 is 0. The van der Waals surface area contributed by atoms with Crippen LogP contribution < -0.4 is 11.7 Å². The van der Waals surface area contributed by atoms with Crippen LogP contribution in [0, 0.1) is 23.7 Å². The van der Waals surface area contributed by atoms with Gasteiger partial charge in [0.1, 0.15) is 0 Å². The zero-order valence-corrected chi connectivity index (χ0v) is 29.6. The molecule has 4 nitrogen and oxygen atoms in total. The summed E-state index contributed by atoms with van der Waals surface area (Å²) in [7, 11) is -0.833. The third-order valence-electron chi connectivity index (χ3n) is 8.81. The number of hydrogen-bond acceptors (Lipinski definition) is 3. The van der Waals surface area contributed by atoms with E-state index in [-0.39, 0.29) is 0 Å². The Morgan fingerprint density at radius 2 is 1.12 bits per heavy atom. The molecule has 4 rings (SSSR count). The predicted octanol–water partition coefficient (Wildman–Crippen LogP) is 11.5. The highest BCUT2D eigenvalue weighted by molar-refractivity contribution is 7.16. The fraction of sp³-hybridized carbons (Fsp3) is 0.676. The lowest BCUT2D eigenvalue weighted by atomic mass is 9.83. The van der Waals surface area contributed by atoms with E-state index in [1.54, 1.807) is 22.3 Å². The second-order valence-electron chi connectivity index (χ2n) is 12.9. The Balaban J connectivity index is 0. The molecule has 42 heavy (non-hydrogen) atoms. The zero-order valence-electron chi connectivity index (χ0n) is 28.7. The van der Waals surface area contributed by atoms with Gasteiger partial charge in [-0.1, -0.05) is 84.7 Å². The molecule has 0 amide bonds. The molecule has 0 saturated carbocycles. The third kappa shape index (κ3) is 22.9. The molecule has 0 spiro atoms. The van der Waals surface area contributed by atoms with Crippen molar-refractivity contribution in [3.63, 3.8) is 0 Å². The first kappa shape index (κ1) is 42.6. The Morgan fingerprint density at radius 3 is 1.33 bits per heavy atom. The van der Waals surface area contributed by atoms with Gasteiger partial charge >= 0.3 is 8.69 Å². The summed E-state index contributed by atoms with van der Waals surface area (Å²) in [6.45, 7) is 25.8. The summed E-state index contributed by atoms with van der Waals surface area (Å²) in [5.74, 6) is 11.4. The van der Waals surface area contributed by atoms with Crippen molar-refractivity contribution < 1.29 is 9.46 Å². The molecular formula is C37H67N2O2P. The second-order valence-corrected chi connectivity index (χ2v) is 13.1. The van der Waals surface area contributed by atoms with E-state index in [0.717, 1.165) is 23.7 Å². The van der Waals surface area contributed by atoms with Gasteiger partial charge in [0, 0.05) is 0 Å². The largest absolute Gasteiger partial charge is 0.324 e. The van der Waals surface area contributed by atoms with Crippen molar-refractivity contribution in [1.82, 2.24) is 0 Å². The lowest BCUT2D eigenvalue weighted by molar-refractivity contribution is 0.350. The van der Waals surface area contributed by atoms with E-state index in [1.165, 1.54) is 94.6 Å². The number of nitrogens with two attached hydrogens (primary N) is 2. The van der Waals surface area contributed by atoms with Gasteiger partial charge in [-0.2, -0.15) is 0 Å². The maximum Gasteiger partial charge on any atom is 0.324 e. The fourth-order valence-corrected chi connectivity index (χ4v) is 5.42. The van der Waals surface area contributed by atoms with Gasteiger partial charge in [0.25, 0.3) is 0 Å². The van der Waals surface area contributed by atoms with E-state index in [2.05, 4.69) is 105 Å². The predicted molar refractivity (Wildman–Crippen MR) is 188 cm³/mol. The minimum absolute atomic E-state index is 0.767. The molecular weight excluding hydrogens is 535 g/mol. The summed E-state index contributed by atoms with van der Waals surface area (Å²) in [5.41, 5.74) is 8.99. The molecule has 5 N–H and O–H groups in total. The molecule has 0 saturated heterocycles. The Bertz CT molecular complexity index is 842. The van der Waals surface area contributed by atoms with Gasteiger partial charge in [-0.15, -0.1) is 0 Å². The number of allylic oxidation sites excluding steroid dienone is 10. The van der Waals surface area contributed by atoms with Crippen molar-refractivity contribution >= 4 is 8.69 Å². The van der Waals surface area contributed by atoms with Crippen molar-refractivity contribution in [2.75, 3.05) is 0 Å². The minimum Gasteiger partial charge on any atom is -0.310 e. The van der Waals surface area contributed by atoms with Gasteiger partial charge in [-0.25, -0.2) is 4.57 Å². The first-order chi connectivity index (χ1) is 19.9. The maximum absolute atomic E-state index is 8.46. The highest BCUT2D eigenvalue weighted by Crippen LogP contribution is 2.29. The number of rotatable bonds is 3. The molecule has 4 aliphatic rings. The highest BCUT2D eigenvalue weighted by atomic mass is 31.1. The normalized spacial score (nSPS) is 22.9. The molecule has 0 aliphatic heterocycles. The summed E-state index contributed by atoms with van der Waals surface area (Å²) in [6.07, 6.45) is 26.7. The van der Waals surface area contributed by atoms with Crippen molar-refractivity contribution in [2.45, 2.75) is 139 Å². The average molecular weight is 603 g/mol. The van der Waals surface area contributed by atoms with Gasteiger partial charge < -0.3 is 4.89 Å². The first-order valence-corrected chi connectivity index (χ1v) is 16.9. The molecule has 0 aromatic rings. The average Bonchev–Trinajstić information content (AvgIpc) is 2.97. The summed E-state index contributed by atoms with van der Waals surface area (Å²) < 4.78 is 8.46. The standard InChI is InChI=1S/C10H18.2C10H16.C7H12.H4N2.HO2P/c3*1-8(2)10-6-4-9(3)5-7-10;1-7-5-3-2-4-6-7;1-2;1-3-2/h4,8,10H,5-7H2,1-3H3;2*4,10H,1,5-7H2,2-3H3;5H,2-4,6H2,1H3;1-2H2;(H,1,2). The van der Waals surface area contributed by atoms with Crippen LogP contribution in [0.4, 0.5) is 0 Å². The van der Waals surface area contributed by atoms with Crippen LogP contribution in [0.15, 0.2) is 70.9 Å². The van der Waals surface area contributed by atoms with Crippen LogP contribution in [-0.2, 0) is 4.57 Å². The maximum atomic E-state index is 8.46. The van der Waals surface area contributed by atoms with Crippen molar-refractivity contribution in [3.05, 3.63) is 70.9 Å². The molecule has 5 heteroatoms. The molecule has 0 radical (unpaired) electrons. The quantitative estimate of drug-likeness (QED) is 0.130. The van der Waals surface area contributed by atoms with Crippen molar-refractivity contribution in [2.24, 2.45) is 35.4 Å². The van der Waals surface area contributed by atoms with Crippen LogP contribution in [0.3, 0.4) is 0 Å². The van der Waals surface area contributed by atoms with Gasteiger partial charge in [-0.3, -0.25) is 11.7 Å².